The molecule has 0 amide bonds. The van der Waals surface area contributed by atoms with Gasteiger partial charge in [-0.25, -0.2) is 0 Å². The first kappa shape index (κ1) is 11.2. The van der Waals surface area contributed by atoms with Crippen LogP contribution in [0.1, 0.15) is 19.8 Å². The zero-order chi connectivity index (χ0) is 9.56. The predicted molar refractivity (Wildman–Crippen MR) is 46.6 cm³/mol. The molecule has 0 saturated heterocycles. The van der Waals surface area contributed by atoms with Crippen molar-refractivity contribution in [3.05, 3.63) is 12.7 Å². The van der Waals surface area contributed by atoms with Crippen LogP contribution in [0.4, 0.5) is 0 Å². The number of rotatable bonds is 5. The van der Waals surface area contributed by atoms with Gasteiger partial charge in [0.15, 0.2) is 0 Å². The van der Waals surface area contributed by atoms with Crippen LogP contribution >= 0.6 is 0 Å². The van der Waals surface area contributed by atoms with Crippen molar-refractivity contribution < 1.29 is 14.6 Å². The second-order valence-corrected chi connectivity index (χ2v) is 2.88. The van der Waals surface area contributed by atoms with E-state index in [0.717, 1.165) is 0 Å². The van der Waals surface area contributed by atoms with Gasteiger partial charge in [0, 0.05) is 0 Å². The zero-order valence-corrected chi connectivity index (χ0v) is 7.62. The quantitative estimate of drug-likeness (QED) is 0.499. The lowest BCUT2D eigenvalue weighted by Gasteiger charge is -2.11. The van der Waals surface area contributed by atoms with Gasteiger partial charge in [0.25, 0.3) is 0 Å². The third kappa shape index (κ3) is 4.91. The summed E-state index contributed by atoms with van der Waals surface area (Å²) in [6.07, 6.45) is 1.75. The Morgan fingerprint density at radius 1 is 1.75 bits per heavy atom. The second-order valence-electron chi connectivity index (χ2n) is 2.88. The summed E-state index contributed by atoms with van der Waals surface area (Å²) in [5, 5.41) is 9.30. The molecule has 12 heavy (non-hydrogen) atoms. The molecule has 0 aromatic carbocycles. The Morgan fingerprint density at radius 3 is 2.75 bits per heavy atom. The molecular formula is C9H16O3. The van der Waals surface area contributed by atoms with E-state index in [4.69, 9.17) is 0 Å². The van der Waals surface area contributed by atoms with Gasteiger partial charge in [0.2, 0.25) is 0 Å². The van der Waals surface area contributed by atoms with E-state index in [-0.39, 0.29) is 18.3 Å². The van der Waals surface area contributed by atoms with Crippen molar-refractivity contribution >= 4 is 5.97 Å². The van der Waals surface area contributed by atoms with Crippen LogP contribution in [0.15, 0.2) is 12.7 Å². The number of allylic oxidation sites excluding steroid dienone is 1. The highest BCUT2D eigenvalue weighted by atomic mass is 16.5. The molecule has 0 aromatic heterocycles. The maximum Gasteiger partial charge on any atom is 0.308 e. The van der Waals surface area contributed by atoms with Crippen LogP contribution in [-0.4, -0.2) is 24.3 Å². The van der Waals surface area contributed by atoms with E-state index >= 15 is 0 Å². The van der Waals surface area contributed by atoms with Crippen molar-refractivity contribution in [2.75, 3.05) is 7.11 Å². The minimum atomic E-state index is -0.620. The molecule has 0 aliphatic rings. The van der Waals surface area contributed by atoms with Crippen molar-refractivity contribution in [1.29, 1.82) is 0 Å². The third-order valence-corrected chi connectivity index (χ3v) is 1.68. The Hall–Kier alpha value is -0.830. The fraction of sp³-hybridized carbons (Fsp3) is 0.667. The van der Waals surface area contributed by atoms with E-state index in [0.29, 0.717) is 6.42 Å². The Bertz CT molecular complexity index is 154. The van der Waals surface area contributed by atoms with Crippen molar-refractivity contribution in [3.8, 4) is 0 Å². The first-order chi connectivity index (χ1) is 5.60. The van der Waals surface area contributed by atoms with Gasteiger partial charge >= 0.3 is 5.97 Å². The van der Waals surface area contributed by atoms with E-state index in [1.165, 1.54) is 7.11 Å². The average Bonchev–Trinajstić information content (AvgIpc) is 2.03. The van der Waals surface area contributed by atoms with Gasteiger partial charge in [0.1, 0.15) is 0 Å². The SMILES string of the molecule is C=CC(C)CC(O)CC(=O)OC. The fourth-order valence-electron chi connectivity index (χ4n) is 0.884. The van der Waals surface area contributed by atoms with Gasteiger partial charge in [0.05, 0.1) is 19.6 Å². The Labute approximate surface area is 73.0 Å². The third-order valence-electron chi connectivity index (χ3n) is 1.68. The van der Waals surface area contributed by atoms with E-state index in [1.807, 2.05) is 6.92 Å². The molecule has 0 spiro atoms. The molecule has 2 unspecified atom stereocenters. The lowest BCUT2D eigenvalue weighted by atomic mass is 10.0. The number of hydrogen-bond donors (Lipinski definition) is 1. The predicted octanol–water partition coefficient (Wildman–Crippen LogP) is 1.12. The maximum absolute atomic E-state index is 10.7. The summed E-state index contributed by atoms with van der Waals surface area (Å²) in [5.41, 5.74) is 0. The van der Waals surface area contributed by atoms with Gasteiger partial charge in [-0.2, -0.15) is 0 Å². The van der Waals surface area contributed by atoms with Gasteiger partial charge in [-0.1, -0.05) is 13.0 Å². The Kier molecular flexibility index (Phi) is 5.37. The summed E-state index contributed by atoms with van der Waals surface area (Å²) in [7, 11) is 1.31. The van der Waals surface area contributed by atoms with E-state index < -0.39 is 6.10 Å². The molecule has 0 radical (unpaired) electrons. The molecule has 1 N–H and O–H groups in total. The van der Waals surface area contributed by atoms with E-state index in [9.17, 15) is 9.90 Å². The maximum atomic E-state index is 10.7. The van der Waals surface area contributed by atoms with E-state index in [1.54, 1.807) is 6.08 Å². The van der Waals surface area contributed by atoms with Gasteiger partial charge in [-0.05, 0) is 12.3 Å². The number of carbonyl (C=O) groups excluding carboxylic acids is 1. The molecule has 3 nitrogen and oxygen atoms in total. The van der Waals surface area contributed by atoms with Crippen LogP contribution in [0.5, 0.6) is 0 Å². The molecule has 0 saturated carbocycles. The summed E-state index contributed by atoms with van der Waals surface area (Å²) in [6, 6.07) is 0. The highest BCUT2D eigenvalue weighted by molar-refractivity contribution is 5.69. The lowest BCUT2D eigenvalue weighted by molar-refractivity contribution is -0.142. The number of ether oxygens (including phenoxy) is 1. The smallest absolute Gasteiger partial charge is 0.308 e. The van der Waals surface area contributed by atoms with Crippen molar-refractivity contribution in [2.24, 2.45) is 5.92 Å². The molecular weight excluding hydrogens is 156 g/mol. The van der Waals surface area contributed by atoms with Gasteiger partial charge < -0.3 is 9.84 Å². The lowest BCUT2D eigenvalue weighted by Crippen LogP contribution is -2.16. The Balaban J connectivity index is 3.65. The Morgan fingerprint density at radius 2 is 2.33 bits per heavy atom. The normalized spacial score (nSPS) is 14.9. The molecule has 0 aromatic rings. The molecule has 3 heteroatoms. The monoisotopic (exact) mass is 172 g/mol. The van der Waals surface area contributed by atoms with Crippen molar-refractivity contribution in [2.45, 2.75) is 25.9 Å². The first-order valence-corrected chi connectivity index (χ1v) is 3.97. The molecule has 2 atom stereocenters. The van der Waals surface area contributed by atoms with Crippen LogP contribution in [0.2, 0.25) is 0 Å². The van der Waals surface area contributed by atoms with Crippen LogP contribution in [0, 0.1) is 5.92 Å². The molecule has 70 valence electrons. The fourth-order valence-corrected chi connectivity index (χ4v) is 0.884. The molecule has 0 heterocycles. The summed E-state index contributed by atoms with van der Waals surface area (Å²) < 4.78 is 4.41. The number of carbonyl (C=O) groups is 1. The highest BCUT2D eigenvalue weighted by Crippen LogP contribution is 2.09. The topological polar surface area (TPSA) is 46.5 Å². The van der Waals surface area contributed by atoms with Gasteiger partial charge in [-0.15, -0.1) is 6.58 Å². The molecule has 0 bridgehead atoms. The van der Waals surface area contributed by atoms with Crippen molar-refractivity contribution in [3.63, 3.8) is 0 Å². The summed E-state index contributed by atoms with van der Waals surface area (Å²) in [4.78, 5) is 10.7. The summed E-state index contributed by atoms with van der Waals surface area (Å²) >= 11 is 0. The van der Waals surface area contributed by atoms with Crippen LogP contribution < -0.4 is 0 Å². The zero-order valence-electron chi connectivity index (χ0n) is 7.62. The van der Waals surface area contributed by atoms with E-state index in [2.05, 4.69) is 11.3 Å². The largest absolute Gasteiger partial charge is 0.469 e. The average molecular weight is 172 g/mol. The molecule has 0 aliphatic carbocycles. The standard InChI is InChI=1S/C9H16O3/c1-4-7(2)5-8(10)6-9(11)12-3/h4,7-8,10H,1,5-6H2,2-3H3. The summed E-state index contributed by atoms with van der Waals surface area (Å²) in [6.45, 7) is 5.52. The van der Waals surface area contributed by atoms with Crippen LogP contribution in [0.25, 0.3) is 0 Å². The minimum absolute atomic E-state index is 0.0642. The van der Waals surface area contributed by atoms with Crippen LogP contribution in [0.3, 0.4) is 0 Å². The molecule has 0 fully saturated rings. The second kappa shape index (κ2) is 5.77. The molecule has 0 rings (SSSR count). The minimum Gasteiger partial charge on any atom is -0.469 e. The number of hydrogen-bond acceptors (Lipinski definition) is 3. The highest BCUT2D eigenvalue weighted by Gasteiger charge is 2.12. The first-order valence-electron chi connectivity index (χ1n) is 3.97. The van der Waals surface area contributed by atoms with Gasteiger partial charge in [-0.3, -0.25) is 4.79 Å². The number of esters is 1. The van der Waals surface area contributed by atoms with Crippen LogP contribution in [-0.2, 0) is 9.53 Å². The number of aliphatic hydroxyl groups excluding tert-OH is 1. The number of aliphatic hydroxyl groups is 1. The number of methoxy groups -OCH3 is 1. The molecule has 0 aliphatic heterocycles. The summed E-state index contributed by atoms with van der Waals surface area (Å²) in [5.74, 6) is -0.150. The van der Waals surface area contributed by atoms with Crippen molar-refractivity contribution in [1.82, 2.24) is 0 Å².